The minimum Gasteiger partial charge on any atom is -0.490 e. The summed E-state index contributed by atoms with van der Waals surface area (Å²) in [5, 5.41) is -0.212. The number of benzene rings is 1. The maximum Gasteiger partial charge on any atom is 0.216 e. The van der Waals surface area contributed by atoms with Gasteiger partial charge in [0.05, 0.1) is 6.10 Å². The molecule has 2 rings (SSSR count). The lowest BCUT2D eigenvalue weighted by molar-refractivity contribution is 0.109. The third kappa shape index (κ3) is 2.59. The van der Waals surface area contributed by atoms with Crippen molar-refractivity contribution >= 4 is 17.7 Å². The van der Waals surface area contributed by atoms with Crippen LogP contribution in [-0.2, 0) is 0 Å². The molecule has 1 aromatic rings. The fourth-order valence-corrected chi connectivity index (χ4v) is 2.18. The van der Waals surface area contributed by atoms with Gasteiger partial charge in [0.15, 0.2) is 0 Å². The number of rotatable bonds is 3. The second-order valence-electron chi connectivity index (χ2n) is 4.31. The highest BCUT2D eigenvalue weighted by Gasteiger charge is 2.17. The van der Waals surface area contributed by atoms with Gasteiger partial charge in [-0.3, -0.25) is 4.79 Å². The van der Waals surface area contributed by atoms with E-state index in [1.165, 1.54) is 12.8 Å². The van der Waals surface area contributed by atoms with E-state index in [1.807, 2.05) is 13.0 Å². The van der Waals surface area contributed by atoms with Gasteiger partial charge in [-0.05, 0) is 50.3 Å². The van der Waals surface area contributed by atoms with Gasteiger partial charge in [-0.25, -0.2) is 0 Å². The van der Waals surface area contributed by atoms with Crippen molar-refractivity contribution < 1.29 is 9.53 Å². The summed E-state index contributed by atoms with van der Waals surface area (Å²) < 4.78 is 5.91. The third-order valence-corrected chi connectivity index (χ3v) is 3.29. The van der Waals surface area contributed by atoms with E-state index in [0.29, 0.717) is 11.7 Å². The van der Waals surface area contributed by atoms with Crippen LogP contribution >= 0.6 is 12.6 Å². The van der Waals surface area contributed by atoms with E-state index in [4.69, 9.17) is 4.74 Å². The number of carbonyl (C=O) groups excluding carboxylic acids is 1. The number of ether oxygens (including phenoxy) is 1. The average Bonchev–Trinajstić information content (AvgIpc) is 2.73. The van der Waals surface area contributed by atoms with Crippen molar-refractivity contribution in [2.75, 3.05) is 0 Å². The maximum absolute atomic E-state index is 11.2. The van der Waals surface area contributed by atoms with Crippen molar-refractivity contribution in [3.8, 4) is 5.75 Å². The molecule has 1 saturated carbocycles. The molecular weight excluding hydrogens is 220 g/mol. The smallest absolute Gasteiger partial charge is 0.216 e. The Morgan fingerprint density at radius 3 is 2.69 bits per heavy atom. The molecule has 0 aliphatic heterocycles. The predicted molar refractivity (Wildman–Crippen MR) is 67.4 cm³/mol. The molecule has 1 fully saturated rings. The Hall–Kier alpha value is -0.960. The maximum atomic E-state index is 11.2. The fraction of sp³-hybridized carbons (Fsp3) is 0.462. The number of carbonyl (C=O) groups is 1. The number of thiol groups is 1. The summed E-state index contributed by atoms with van der Waals surface area (Å²) >= 11 is 3.82. The summed E-state index contributed by atoms with van der Waals surface area (Å²) in [6.45, 7) is 2.00. The first-order chi connectivity index (χ1) is 7.66. The van der Waals surface area contributed by atoms with E-state index in [1.54, 1.807) is 12.1 Å². The van der Waals surface area contributed by atoms with Crippen molar-refractivity contribution in [3.63, 3.8) is 0 Å². The molecule has 1 aliphatic rings. The van der Waals surface area contributed by atoms with Gasteiger partial charge in [-0.2, -0.15) is 0 Å². The van der Waals surface area contributed by atoms with Gasteiger partial charge in [0, 0.05) is 5.56 Å². The van der Waals surface area contributed by atoms with Crippen LogP contribution in [0.15, 0.2) is 18.2 Å². The molecule has 1 aliphatic carbocycles. The van der Waals surface area contributed by atoms with Gasteiger partial charge in [0.25, 0.3) is 0 Å². The van der Waals surface area contributed by atoms with Gasteiger partial charge in [-0.1, -0.05) is 6.07 Å². The SMILES string of the molecule is Cc1ccc(C(=O)S)cc1OC1CCCC1. The molecule has 0 radical (unpaired) electrons. The van der Waals surface area contributed by atoms with Crippen LogP contribution < -0.4 is 4.74 Å². The van der Waals surface area contributed by atoms with Crippen molar-refractivity contribution in [2.24, 2.45) is 0 Å². The lowest BCUT2D eigenvalue weighted by Crippen LogP contribution is -2.12. The van der Waals surface area contributed by atoms with Crippen LogP contribution in [0, 0.1) is 6.92 Å². The molecule has 1 aromatic carbocycles. The Balaban J connectivity index is 2.17. The van der Waals surface area contributed by atoms with Crippen LogP contribution in [0.4, 0.5) is 0 Å². The highest BCUT2D eigenvalue weighted by atomic mass is 32.1. The van der Waals surface area contributed by atoms with E-state index < -0.39 is 0 Å². The first kappa shape index (κ1) is 11.5. The highest BCUT2D eigenvalue weighted by Crippen LogP contribution is 2.27. The monoisotopic (exact) mass is 236 g/mol. The van der Waals surface area contributed by atoms with Crippen LogP contribution in [0.25, 0.3) is 0 Å². The molecule has 0 N–H and O–H groups in total. The zero-order chi connectivity index (χ0) is 11.5. The van der Waals surface area contributed by atoms with E-state index >= 15 is 0 Å². The first-order valence-corrected chi connectivity index (χ1v) is 6.12. The predicted octanol–water partition coefficient (Wildman–Crippen LogP) is 3.39. The zero-order valence-electron chi connectivity index (χ0n) is 9.40. The van der Waals surface area contributed by atoms with Gasteiger partial charge < -0.3 is 4.74 Å². The third-order valence-electron chi connectivity index (χ3n) is 3.03. The van der Waals surface area contributed by atoms with Crippen LogP contribution in [0.3, 0.4) is 0 Å². The van der Waals surface area contributed by atoms with E-state index in [2.05, 4.69) is 12.6 Å². The topological polar surface area (TPSA) is 26.3 Å². The highest BCUT2D eigenvalue weighted by molar-refractivity contribution is 7.97. The van der Waals surface area contributed by atoms with E-state index in [-0.39, 0.29) is 5.12 Å². The number of hydrogen-bond donors (Lipinski definition) is 1. The molecule has 0 aromatic heterocycles. The molecule has 0 spiro atoms. The second kappa shape index (κ2) is 4.91. The van der Waals surface area contributed by atoms with Crippen LogP contribution in [0.2, 0.25) is 0 Å². The molecule has 0 unspecified atom stereocenters. The molecule has 0 heterocycles. The van der Waals surface area contributed by atoms with Gasteiger partial charge in [-0.15, -0.1) is 12.6 Å². The summed E-state index contributed by atoms with van der Waals surface area (Å²) in [5.74, 6) is 0.826. The van der Waals surface area contributed by atoms with Crippen LogP contribution in [0.5, 0.6) is 5.75 Å². The lowest BCUT2D eigenvalue weighted by Gasteiger charge is -2.15. The van der Waals surface area contributed by atoms with Crippen molar-refractivity contribution in [1.29, 1.82) is 0 Å². The molecule has 86 valence electrons. The molecule has 0 saturated heterocycles. The fourth-order valence-electron chi connectivity index (χ4n) is 2.05. The lowest BCUT2D eigenvalue weighted by atomic mass is 10.1. The standard InChI is InChI=1S/C13H16O2S/c1-9-6-7-10(13(14)16)8-12(9)15-11-4-2-3-5-11/h6-8,11H,2-5H2,1H3,(H,14,16). The Kier molecular flexibility index (Phi) is 3.54. The van der Waals surface area contributed by atoms with Gasteiger partial charge in [0.2, 0.25) is 5.12 Å². The molecular formula is C13H16O2S. The average molecular weight is 236 g/mol. The molecule has 0 bridgehead atoms. The van der Waals surface area contributed by atoms with Crippen molar-refractivity contribution in [2.45, 2.75) is 38.7 Å². The quantitative estimate of drug-likeness (QED) is 0.814. The summed E-state index contributed by atoms with van der Waals surface area (Å²) in [4.78, 5) is 11.2. The molecule has 0 amide bonds. The minimum atomic E-state index is -0.212. The summed E-state index contributed by atoms with van der Waals surface area (Å²) in [7, 11) is 0. The molecule has 3 heteroatoms. The van der Waals surface area contributed by atoms with Crippen molar-refractivity contribution in [3.05, 3.63) is 29.3 Å². The summed E-state index contributed by atoms with van der Waals surface area (Å²) in [5.41, 5.74) is 1.67. The van der Waals surface area contributed by atoms with E-state index in [9.17, 15) is 4.79 Å². The minimum absolute atomic E-state index is 0.212. The Morgan fingerprint density at radius 2 is 2.06 bits per heavy atom. The largest absolute Gasteiger partial charge is 0.490 e. The normalized spacial score (nSPS) is 16.4. The second-order valence-corrected chi connectivity index (χ2v) is 4.72. The number of aryl methyl sites for hydroxylation is 1. The summed E-state index contributed by atoms with van der Waals surface area (Å²) in [6, 6.07) is 5.49. The van der Waals surface area contributed by atoms with Crippen molar-refractivity contribution in [1.82, 2.24) is 0 Å². The Labute approximate surface area is 101 Å². The molecule has 0 atom stereocenters. The summed E-state index contributed by atoms with van der Waals surface area (Å²) in [6.07, 6.45) is 5.06. The van der Waals surface area contributed by atoms with Crippen LogP contribution in [0.1, 0.15) is 41.6 Å². The number of hydrogen-bond acceptors (Lipinski definition) is 2. The van der Waals surface area contributed by atoms with Gasteiger partial charge >= 0.3 is 0 Å². The Morgan fingerprint density at radius 1 is 1.38 bits per heavy atom. The molecule has 2 nitrogen and oxygen atoms in total. The zero-order valence-corrected chi connectivity index (χ0v) is 10.3. The Bertz CT molecular complexity index is 395. The van der Waals surface area contributed by atoms with E-state index in [0.717, 1.165) is 24.2 Å². The van der Waals surface area contributed by atoms with Crippen LogP contribution in [-0.4, -0.2) is 11.2 Å². The first-order valence-electron chi connectivity index (χ1n) is 5.67. The van der Waals surface area contributed by atoms with Gasteiger partial charge in [0.1, 0.15) is 5.75 Å². The molecule has 16 heavy (non-hydrogen) atoms.